The molecule has 0 fully saturated rings. The van der Waals surface area contributed by atoms with Crippen LogP contribution in [0.1, 0.15) is 0 Å². The minimum Gasteiger partial charge on any atom is -0.870 e. The minimum absolute atomic E-state index is 0. The molecule has 0 aliphatic carbocycles. The second-order valence-electron chi connectivity index (χ2n) is 0.448. The van der Waals surface area contributed by atoms with Crippen LogP contribution in [0.2, 0.25) is 0 Å². The fourth-order valence-corrected chi connectivity index (χ4v) is 0. The number of rotatable bonds is 0. The van der Waals surface area contributed by atoms with E-state index in [-0.39, 0.29) is 67.8 Å². The summed E-state index contributed by atoms with van der Waals surface area (Å²) in [7, 11) is -4.67. The fraction of sp³-hybridized carbons (Fsp3) is 0. The molecule has 0 spiro atoms. The molecule has 0 unspecified atom stereocenters. The SMILES string of the molecule is O=S(=O)(O)O.[Al+3].[Mg+2].[OH-].[OH-].[OH-].[OH-].[OH-]. The largest absolute Gasteiger partial charge is 3.00 e. The Hall–Kier alpha value is 0.969. The molecule has 0 atom stereocenters. The van der Waals surface area contributed by atoms with Crippen LogP contribution < -0.4 is 0 Å². The van der Waals surface area contributed by atoms with Crippen molar-refractivity contribution in [2.45, 2.75) is 0 Å². The van der Waals surface area contributed by atoms with E-state index in [9.17, 15) is 0 Å². The van der Waals surface area contributed by atoms with E-state index in [2.05, 4.69) is 0 Å². The first-order chi connectivity index (χ1) is 2.00. The zero-order valence-corrected chi connectivity index (χ0v) is 9.03. The van der Waals surface area contributed by atoms with Crippen LogP contribution >= 0.6 is 0 Å². The van der Waals surface area contributed by atoms with Crippen molar-refractivity contribution in [2.75, 3.05) is 0 Å². The molecule has 0 amide bonds. The molecule has 0 bridgehead atoms. The smallest absolute Gasteiger partial charge is 0.870 e. The van der Waals surface area contributed by atoms with Crippen LogP contribution in [0.5, 0.6) is 0 Å². The van der Waals surface area contributed by atoms with Crippen LogP contribution in [0, 0.1) is 0 Å². The Labute approximate surface area is 95.6 Å². The molecule has 12 heteroatoms. The average Bonchev–Trinajstić information content (AvgIpc) is 0.722. The van der Waals surface area contributed by atoms with Gasteiger partial charge in [-0.2, -0.15) is 8.42 Å². The van der Waals surface area contributed by atoms with Gasteiger partial charge in [0.2, 0.25) is 0 Å². The summed E-state index contributed by atoms with van der Waals surface area (Å²) in [4.78, 5) is 0. The summed E-state index contributed by atoms with van der Waals surface area (Å²) < 4.78 is 31.6. The molecule has 0 aromatic carbocycles. The van der Waals surface area contributed by atoms with Crippen molar-refractivity contribution in [3.63, 3.8) is 0 Å². The molecule has 7 N–H and O–H groups in total. The van der Waals surface area contributed by atoms with Crippen LogP contribution in [0.15, 0.2) is 0 Å². The van der Waals surface area contributed by atoms with Crippen molar-refractivity contribution in [1.82, 2.24) is 0 Å². The molecule has 0 aromatic heterocycles. The van der Waals surface area contributed by atoms with Gasteiger partial charge in [0.05, 0.1) is 0 Å². The summed E-state index contributed by atoms with van der Waals surface area (Å²) in [6, 6.07) is 0. The summed E-state index contributed by atoms with van der Waals surface area (Å²) in [6.45, 7) is 0. The van der Waals surface area contributed by atoms with Crippen LogP contribution in [0.4, 0.5) is 0 Å². The Morgan fingerprint density at radius 2 is 0.750 bits per heavy atom. The molecular formula is H7AlMgO9S. The van der Waals surface area contributed by atoms with E-state index < -0.39 is 10.4 Å². The molecule has 0 rings (SSSR count). The predicted octanol–water partition coefficient (Wildman–Crippen LogP) is -2.30. The van der Waals surface area contributed by atoms with Crippen LogP contribution in [0.3, 0.4) is 0 Å². The third-order valence-corrected chi connectivity index (χ3v) is 0. The molecule has 0 aliphatic heterocycles. The summed E-state index contributed by atoms with van der Waals surface area (Å²) in [5.74, 6) is 0. The van der Waals surface area contributed by atoms with E-state index in [0.717, 1.165) is 0 Å². The normalized spacial score (nSPS) is 4.83. The van der Waals surface area contributed by atoms with Gasteiger partial charge in [0.25, 0.3) is 0 Å². The first kappa shape index (κ1) is 75.2. The molecule has 0 aromatic rings. The van der Waals surface area contributed by atoms with Crippen molar-refractivity contribution in [3.05, 3.63) is 0 Å². The van der Waals surface area contributed by atoms with E-state index in [1.807, 2.05) is 0 Å². The van der Waals surface area contributed by atoms with Gasteiger partial charge >= 0.3 is 50.8 Å². The molecule has 0 heterocycles. The van der Waals surface area contributed by atoms with Gasteiger partial charge in [0.1, 0.15) is 0 Å². The van der Waals surface area contributed by atoms with Crippen molar-refractivity contribution < 1.29 is 44.9 Å². The summed E-state index contributed by atoms with van der Waals surface area (Å²) in [5, 5.41) is 0. The second kappa shape index (κ2) is 29.7. The maximum absolute atomic E-state index is 8.74. The second-order valence-corrected chi connectivity index (χ2v) is 1.34. The monoisotopic (exact) mass is 234 g/mol. The zero-order chi connectivity index (χ0) is 4.50. The van der Waals surface area contributed by atoms with Gasteiger partial charge in [-0.1, -0.05) is 0 Å². The molecule has 9 nitrogen and oxygen atoms in total. The van der Waals surface area contributed by atoms with E-state index in [4.69, 9.17) is 17.5 Å². The molecule has 0 saturated heterocycles. The van der Waals surface area contributed by atoms with Crippen molar-refractivity contribution in [1.29, 1.82) is 0 Å². The van der Waals surface area contributed by atoms with Gasteiger partial charge in [-0.25, -0.2) is 0 Å². The minimum atomic E-state index is -4.67. The topological polar surface area (TPSA) is 225 Å². The average molecular weight is 234 g/mol. The third kappa shape index (κ3) is 1160. The Balaban J connectivity index is -0.00000000381. The Morgan fingerprint density at radius 1 is 0.750 bits per heavy atom. The van der Waals surface area contributed by atoms with E-state index in [0.29, 0.717) is 0 Å². The van der Waals surface area contributed by atoms with Crippen molar-refractivity contribution in [2.24, 2.45) is 0 Å². The Kier molecular flexibility index (Phi) is 186. The summed E-state index contributed by atoms with van der Waals surface area (Å²) in [6.07, 6.45) is 0. The van der Waals surface area contributed by atoms with E-state index >= 15 is 0 Å². The molecule has 0 radical (unpaired) electrons. The quantitative estimate of drug-likeness (QED) is 0.338. The van der Waals surface area contributed by atoms with E-state index in [1.54, 1.807) is 0 Å². The van der Waals surface area contributed by atoms with Gasteiger partial charge in [-0.05, 0) is 0 Å². The maximum atomic E-state index is 8.74. The third-order valence-electron chi connectivity index (χ3n) is 0. The molecule has 12 heavy (non-hydrogen) atoms. The molecule has 0 aliphatic rings. The number of hydrogen-bond acceptors (Lipinski definition) is 7. The van der Waals surface area contributed by atoms with Gasteiger partial charge in [0, 0.05) is 0 Å². The van der Waals surface area contributed by atoms with Gasteiger partial charge in [-0.15, -0.1) is 0 Å². The van der Waals surface area contributed by atoms with Gasteiger partial charge in [-0.3, -0.25) is 9.11 Å². The first-order valence-corrected chi connectivity index (χ1v) is 2.10. The summed E-state index contributed by atoms with van der Waals surface area (Å²) in [5.41, 5.74) is 0. The molecular weight excluding hydrogens is 227 g/mol. The number of hydrogen-bond donors (Lipinski definition) is 2. The van der Waals surface area contributed by atoms with Crippen molar-refractivity contribution >= 4 is 50.8 Å². The Bertz CT molecular complexity index is 97.7. The van der Waals surface area contributed by atoms with Crippen LogP contribution in [0.25, 0.3) is 0 Å². The molecule has 0 saturated carbocycles. The zero-order valence-electron chi connectivity index (χ0n) is 5.64. The van der Waals surface area contributed by atoms with Gasteiger partial charge in [0.15, 0.2) is 0 Å². The van der Waals surface area contributed by atoms with E-state index in [1.165, 1.54) is 0 Å². The Morgan fingerprint density at radius 3 is 0.750 bits per heavy atom. The fourth-order valence-electron chi connectivity index (χ4n) is 0. The predicted molar refractivity (Wildman–Crippen MR) is 35.4 cm³/mol. The van der Waals surface area contributed by atoms with Gasteiger partial charge < -0.3 is 27.4 Å². The standard InChI is InChI=1S/Al.Mg.H2O4S.5H2O/c;;1-5(2,3)4;;;;;/h;;(H2,1,2,3,4);5*1H2/q+3;+2;;;;;;/p-5. The van der Waals surface area contributed by atoms with Crippen LogP contribution in [-0.4, -0.2) is 85.3 Å². The van der Waals surface area contributed by atoms with Crippen LogP contribution in [-0.2, 0) is 10.4 Å². The maximum Gasteiger partial charge on any atom is 3.00 e. The molecule has 72 valence electrons. The first-order valence-electron chi connectivity index (χ1n) is 0.698. The van der Waals surface area contributed by atoms with Crippen molar-refractivity contribution in [3.8, 4) is 0 Å². The summed E-state index contributed by atoms with van der Waals surface area (Å²) >= 11 is 0.